The van der Waals surface area contributed by atoms with E-state index in [-0.39, 0.29) is 11.6 Å². The van der Waals surface area contributed by atoms with Crippen LogP contribution in [0.4, 0.5) is 0 Å². The molecule has 2 atom stereocenters. The second-order valence-corrected chi connectivity index (χ2v) is 2.89. The van der Waals surface area contributed by atoms with Gasteiger partial charge in [0, 0.05) is 12.6 Å². The van der Waals surface area contributed by atoms with Crippen molar-refractivity contribution in [3.05, 3.63) is 0 Å². The molecule has 0 aromatic heterocycles. The van der Waals surface area contributed by atoms with Crippen molar-refractivity contribution in [2.45, 2.75) is 45.8 Å². The number of ether oxygens (including phenoxy) is 1. The predicted molar refractivity (Wildman–Crippen MR) is 44.0 cm³/mol. The lowest BCUT2D eigenvalue weighted by Crippen LogP contribution is -2.45. The van der Waals surface area contributed by atoms with E-state index in [2.05, 4.69) is 13.8 Å². The van der Waals surface area contributed by atoms with Crippen LogP contribution in [-0.2, 0) is 4.74 Å². The molecule has 0 amide bonds. The van der Waals surface area contributed by atoms with Crippen LogP contribution in [-0.4, -0.2) is 18.2 Å². The van der Waals surface area contributed by atoms with Gasteiger partial charge in [-0.1, -0.05) is 6.92 Å². The summed E-state index contributed by atoms with van der Waals surface area (Å²) in [4.78, 5) is 0. The average Bonchev–Trinajstić information content (AvgIpc) is 1.88. The fourth-order valence-corrected chi connectivity index (χ4v) is 0.885. The molecule has 0 rings (SSSR count). The van der Waals surface area contributed by atoms with E-state index < -0.39 is 0 Å². The summed E-state index contributed by atoms with van der Waals surface area (Å²) in [5.74, 6) is 0. The molecule has 2 nitrogen and oxygen atoms in total. The van der Waals surface area contributed by atoms with Gasteiger partial charge >= 0.3 is 0 Å². The fraction of sp³-hybridized carbons (Fsp3) is 1.00. The highest BCUT2D eigenvalue weighted by atomic mass is 16.5. The maximum absolute atomic E-state index is 5.74. The summed E-state index contributed by atoms with van der Waals surface area (Å²) >= 11 is 0. The van der Waals surface area contributed by atoms with Crippen molar-refractivity contribution in [1.82, 2.24) is 0 Å². The van der Waals surface area contributed by atoms with Gasteiger partial charge in [0.05, 0.1) is 5.60 Å². The molecule has 2 heteroatoms. The largest absolute Gasteiger partial charge is 0.374 e. The van der Waals surface area contributed by atoms with Crippen LogP contribution in [0.3, 0.4) is 0 Å². The van der Waals surface area contributed by atoms with E-state index in [9.17, 15) is 0 Å². The third-order valence-electron chi connectivity index (χ3n) is 2.14. The van der Waals surface area contributed by atoms with Gasteiger partial charge < -0.3 is 10.5 Å². The van der Waals surface area contributed by atoms with Crippen molar-refractivity contribution in [3.8, 4) is 0 Å². The summed E-state index contributed by atoms with van der Waals surface area (Å²) in [6.07, 6.45) is 0.971. The lowest BCUT2D eigenvalue weighted by Gasteiger charge is -2.31. The van der Waals surface area contributed by atoms with Gasteiger partial charge in [0.15, 0.2) is 0 Å². The van der Waals surface area contributed by atoms with Crippen LogP contribution >= 0.6 is 0 Å². The van der Waals surface area contributed by atoms with Gasteiger partial charge in [-0.25, -0.2) is 0 Å². The minimum absolute atomic E-state index is 0.109. The Morgan fingerprint density at radius 1 is 1.50 bits per heavy atom. The quantitative estimate of drug-likeness (QED) is 0.651. The molecule has 0 bridgehead atoms. The molecular formula is C8H19NO. The molecule has 2 N–H and O–H groups in total. The molecule has 0 saturated carbocycles. The van der Waals surface area contributed by atoms with E-state index in [0.717, 1.165) is 13.0 Å². The van der Waals surface area contributed by atoms with Crippen LogP contribution in [0, 0.1) is 0 Å². The Labute approximate surface area is 63.7 Å². The Kier molecular flexibility index (Phi) is 3.91. The molecule has 0 aliphatic rings. The summed E-state index contributed by atoms with van der Waals surface area (Å²) < 4.78 is 5.52. The highest BCUT2D eigenvalue weighted by Crippen LogP contribution is 2.17. The molecule has 0 aliphatic carbocycles. The Hall–Kier alpha value is -0.0800. The SMILES string of the molecule is CCOC(C)(CC)[C@@H](C)N. The maximum Gasteiger partial charge on any atom is 0.0799 e. The van der Waals surface area contributed by atoms with Crippen molar-refractivity contribution in [2.24, 2.45) is 5.73 Å². The number of nitrogens with two attached hydrogens (primary N) is 1. The van der Waals surface area contributed by atoms with Gasteiger partial charge in [-0.15, -0.1) is 0 Å². The van der Waals surface area contributed by atoms with Crippen LogP contribution in [0.25, 0.3) is 0 Å². The maximum atomic E-state index is 5.74. The van der Waals surface area contributed by atoms with Crippen molar-refractivity contribution >= 4 is 0 Å². The molecule has 10 heavy (non-hydrogen) atoms. The summed E-state index contributed by atoms with van der Waals surface area (Å²) in [7, 11) is 0. The van der Waals surface area contributed by atoms with Crippen LogP contribution in [0.5, 0.6) is 0 Å². The fourth-order valence-electron chi connectivity index (χ4n) is 0.885. The minimum atomic E-state index is -0.130. The third-order valence-corrected chi connectivity index (χ3v) is 2.14. The summed E-state index contributed by atoms with van der Waals surface area (Å²) in [6, 6.07) is 0.109. The molecule has 0 heterocycles. The molecule has 0 saturated heterocycles. The average molecular weight is 145 g/mol. The minimum Gasteiger partial charge on any atom is -0.374 e. The van der Waals surface area contributed by atoms with Crippen molar-refractivity contribution in [1.29, 1.82) is 0 Å². The monoisotopic (exact) mass is 145 g/mol. The molecular weight excluding hydrogens is 126 g/mol. The lowest BCUT2D eigenvalue weighted by atomic mass is 9.95. The van der Waals surface area contributed by atoms with E-state index in [1.54, 1.807) is 0 Å². The first-order chi connectivity index (χ1) is 4.56. The molecule has 0 spiro atoms. The summed E-state index contributed by atoms with van der Waals surface area (Å²) in [5.41, 5.74) is 5.61. The lowest BCUT2D eigenvalue weighted by molar-refractivity contribution is -0.0422. The zero-order valence-corrected chi connectivity index (χ0v) is 7.48. The second kappa shape index (κ2) is 3.94. The van der Waals surface area contributed by atoms with Crippen molar-refractivity contribution < 1.29 is 4.74 Å². The predicted octanol–water partition coefficient (Wildman–Crippen LogP) is 1.54. The Morgan fingerprint density at radius 3 is 2.10 bits per heavy atom. The Balaban J connectivity index is 3.94. The Bertz CT molecular complexity index is 93.3. The van der Waals surface area contributed by atoms with Crippen LogP contribution < -0.4 is 5.73 Å². The zero-order chi connectivity index (χ0) is 8.20. The van der Waals surface area contributed by atoms with E-state index in [1.165, 1.54) is 0 Å². The molecule has 0 radical (unpaired) electrons. The van der Waals surface area contributed by atoms with E-state index in [4.69, 9.17) is 10.5 Å². The van der Waals surface area contributed by atoms with Crippen molar-refractivity contribution in [2.75, 3.05) is 6.61 Å². The molecule has 0 aromatic carbocycles. The van der Waals surface area contributed by atoms with Crippen LogP contribution in [0.1, 0.15) is 34.1 Å². The summed E-state index contributed by atoms with van der Waals surface area (Å²) in [5, 5.41) is 0. The molecule has 62 valence electrons. The van der Waals surface area contributed by atoms with Gasteiger partial charge in [0.2, 0.25) is 0 Å². The molecule has 0 aliphatic heterocycles. The van der Waals surface area contributed by atoms with Crippen LogP contribution in [0.2, 0.25) is 0 Å². The van der Waals surface area contributed by atoms with E-state index in [1.807, 2.05) is 13.8 Å². The first-order valence-corrected chi connectivity index (χ1v) is 3.96. The molecule has 0 aromatic rings. The van der Waals surface area contributed by atoms with Gasteiger partial charge in [-0.2, -0.15) is 0 Å². The first kappa shape index (κ1) is 9.92. The number of hydrogen-bond acceptors (Lipinski definition) is 2. The van der Waals surface area contributed by atoms with Gasteiger partial charge in [-0.05, 0) is 27.2 Å². The van der Waals surface area contributed by atoms with E-state index in [0.29, 0.717) is 0 Å². The highest BCUT2D eigenvalue weighted by molar-refractivity contribution is 4.82. The first-order valence-electron chi connectivity index (χ1n) is 3.96. The molecule has 1 unspecified atom stereocenters. The topological polar surface area (TPSA) is 35.2 Å². The van der Waals surface area contributed by atoms with Crippen molar-refractivity contribution in [3.63, 3.8) is 0 Å². The summed E-state index contributed by atoms with van der Waals surface area (Å²) in [6.45, 7) is 8.88. The third kappa shape index (κ3) is 2.27. The smallest absolute Gasteiger partial charge is 0.0799 e. The number of hydrogen-bond donors (Lipinski definition) is 1. The van der Waals surface area contributed by atoms with E-state index >= 15 is 0 Å². The van der Waals surface area contributed by atoms with Gasteiger partial charge in [0.25, 0.3) is 0 Å². The number of rotatable bonds is 4. The van der Waals surface area contributed by atoms with Crippen LogP contribution in [0.15, 0.2) is 0 Å². The van der Waals surface area contributed by atoms with Gasteiger partial charge in [-0.3, -0.25) is 0 Å². The zero-order valence-electron chi connectivity index (χ0n) is 7.48. The molecule has 0 fully saturated rings. The van der Waals surface area contributed by atoms with Gasteiger partial charge in [0.1, 0.15) is 0 Å². The highest BCUT2D eigenvalue weighted by Gasteiger charge is 2.26. The second-order valence-electron chi connectivity index (χ2n) is 2.89. The Morgan fingerprint density at radius 2 is 2.00 bits per heavy atom. The standard InChI is InChI=1S/C8H19NO/c1-5-8(4,7(3)9)10-6-2/h7H,5-6,9H2,1-4H3/t7-,8?/m1/s1. The normalized spacial score (nSPS) is 20.1.